The van der Waals surface area contributed by atoms with Gasteiger partial charge in [0.15, 0.2) is 11.5 Å². The summed E-state index contributed by atoms with van der Waals surface area (Å²) in [5, 5.41) is 12.3. The van der Waals surface area contributed by atoms with Crippen LogP contribution in [0.5, 0.6) is 5.75 Å². The summed E-state index contributed by atoms with van der Waals surface area (Å²) >= 11 is 0. The molecule has 0 saturated heterocycles. The maximum Gasteiger partial charge on any atom is 0.416 e. The van der Waals surface area contributed by atoms with Gasteiger partial charge in [-0.2, -0.15) is 13.2 Å². The molecule has 0 radical (unpaired) electrons. The molecule has 3 rings (SSSR count). The number of pyridine rings is 1. The number of carbonyl (C=O) groups is 1. The summed E-state index contributed by atoms with van der Waals surface area (Å²) in [6.07, 6.45) is -3.06. The van der Waals surface area contributed by atoms with E-state index in [4.69, 9.17) is 0 Å². The Labute approximate surface area is 162 Å². The van der Waals surface area contributed by atoms with E-state index in [-0.39, 0.29) is 23.6 Å². The van der Waals surface area contributed by atoms with Gasteiger partial charge in [0.05, 0.1) is 5.56 Å². The fraction of sp³-hybridized carbons (Fsp3) is 0.158. The van der Waals surface area contributed by atoms with Crippen molar-refractivity contribution in [1.29, 1.82) is 0 Å². The van der Waals surface area contributed by atoms with Gasteiger partial charge in [-0.1, -0.05) is 17.7 Å². The Morgan fingerprint density at radius 3 is 2.66 bits per heavy atom. The van der Waals surface area contributed by atoms with Crippen LogP contribution < -0.4 is 10.9 Å². The van der Waals surface area contributed by atoms with Crippen LogP contribution in [-0.2, 0) is 12.7 Å². The summed E-state index contributed by atoms with van der Waals surface area (Å²) in [4.78, 5) is 34.6. The van der Waals surface area contributed by atoms with Crippen molar-refractivity contribution in [2.45, 2.75) is 19.6 Å². The van der Waals surface area contributed by atoms with Crippen molar-refractivity contribution in [2.75, 3.05) is 0 Å². The summed E-state index contributed by atoms with van der Waals surface area (Å²) in [5.41, 5.74) is -1.49. The number of aryl methyl sites for hydroxylation is 1. The first kappa shape index (κ1) is 20.1. The monoisotopic (exact) mass is 404 g/mol. The molecule has 3 aromatic rings. The number of nitrogens with zero attached hydrogens (tertiary/aromatic N) is 2. The minimum Gasteiger partial charge on any atom is -0.501 e. The van der Waals surface area contributed by atoms with Gasteiger partial charge in [-0.05, 0) is 36.8 Å². The van der Waals surface area contributed by atoms with Gasteiger partial charge in [0.2, 0.25) is 5.75 Å². The van der Waals surface area contributed by atoms with Crippen LogP contribution in [0.4, 0.5) is 13.2 Å². The van der Waals surface area contributed by atoms with Crippen molar-refractivity contribution in [3.05, 3.63) is 75.3 Å². The Morgan fingerprint density at radius 1 is 1.24 bits per heavy atom. The van der Waals surface area contributed by atoms with E-state index in [0.29, 0.717) is 5.56 Å². The molecule has 0 saturated carbocycles. The Balaban J connectivity index is 1.86. The molecule has 0 aliphatic carbocycles. The molecule has 0 bridgehead atoms. The van der Waals surface area contributed by atoms with Crippen LogP contribution in [-0.4, -0.2) is 26.0 Å². The second-order valence-electron chi connectivity index (χ2n) is 6.21. The van der Waals surface area contributed by atoms with Gasteiger partial charge in [0.1, 0.15) is 5.69 Å². The van der Waals surface area contributed by atoms with E-state index in [0.717, 1.165) is 12.1 Å². The van der Waals surface area contributed by atoms with E-state index in [1.54, 1.807) is 18.2 Å². The zero-order valence-corrected chi connectivity index (χ0v) is 15.0. The molecule has 10 heteroatoms. The highest BCUT2D eigenvalue weighted by Crippen LogP contribution is 2.30. The number of carbonyl (C=O) groups excluding carboxylic acids is 1. The fourth-order valence-electron chi connectivity index (χ4n) is 2.64. The van der Waals surface area contributed by atoms with Crippen molar-refractivity contribution in [3.63, 3.8) is 0 Å². The molecule has 1 aromatic carbocycles. The number of H-pyrrole nitrogens is 1. The van der Waals surface area contributed by atoms with Gasteiger partial charge in [0.25, 0.3) is 11.5 Å². The molecule has 150 valence electrons. The van der Waals surface area contributed by atoms with E-state index in [1.165, 1.54) is 19.2 Å². The molecule has 0 fully saturated rings. The zero-order valence-electron chi connectivity index (χ0n) is 15.0. The van der Waals surface area contributed by atoms with Gasteiger partial charge in [0, 0.05) is 12.7 Å². The quantitative estimate of drug-likeness (QED) is 0.620. The molecule has 29 heavy (non-hydrogen) atoms. The number of nitrogens with one attached hydrogen (secondary N) is 2. The molecule has 1 amide bonds. The lowest BCUT2D eigenvalue weighted by atomic mass is 10.1. The molecule has 2 heterocycles. The molecule has 2 aromatic heterocycles. The third-order valence-electron chi connectivity index (χ3n) is 3.94. The SMILES string of the molecule is Cc1cc(CNC(=O)c2nc(-c3ccccn3)[nH]c(=O)c2O)cc(C(F)(F)F)c1. The van der Waals surface area contributed by atoms with Gasteiger partial charge in [-0.25, -0.2) is 4.98 Å². The Kier molecular flexibility index (Phi) is 5.35. The minimum atomic E-state index is -4.52. The summed E-state index contributed by atoms with van der Waals surface area (Å²) in [7, 11) is 0. The maximum absolute atomic E-state index is 12.9. The second-order valence-corrected chi connectivity index (χ2v) is 6.21. The van der Waals surface area contributed by atoms with Crippen molar-refractivity contribution >= 4 is 5.91 Å². The van der Waals surface area contributed by atoms with Gasteiger partial charge >= 0.3 is 6.18 Å². The lowest BCUT2D eigenvalue weighted by Crippen LogP contribution is -2.27. The largest absolute Gasteiger partial charge is 0.501 e. The van der Waals surface area contributed by atoms with E-state index in [1.807, 2.05) is 0 Å². The number of aromatic hydroxyl groups is 1. The number of halogens is 3. The number of hydrogen-bond donors (Lipinski definition) is 3. The average Bonchev–Trinajstić information content (AvgIpc) is 2.67. The van der Waals surface area contributed by atoms with Crippen molar-refractivity contribution in [1.82, 2.24) is 20.3 Å². The first-order valence-corrected chi connectivity index (χ1v) is 8.36. The van der Waals surface area contributed by atoms with Crippen LogP contribution in [0, 0.1) is 6.92 Å². The highest BCUT2D eigenvalue weighted by Gasteiger charge is 2.31. The molecule has 0 aliphatic heterocycles. The van der Waals surface area contributed by atoms with Crippen molar-refractivity contribution < 1.29 is 23.1 Å². The Bertz CT molecular complexity index is 1110. The van der Waals surface area contributed by atoms with E-state index < -0.39 is 34.6 Å². The molecule has 0 aliphatic rings. The fourth-order valence-corrected chi connectivity index (χ4v) is 2.64. The lowest BCUT2D eigenvalue weighted by Gasteiger charge is -2.12. The van der Waals surface area contributed by atoms with Gasteiger partial charge < -0.3 is 15.4 Å². The number of amides is 1. The summed E-state index contributed by atoms with van der Waals surface area (Å²) in [5.74, 6) is -1.85. The Hall–Kier alpha value is -3.69. The predicted octanol–water partition coefficient (Wildman–Crippen LogP) is 2.79. The highest BCUT2D eigenvalue weighted by atomic mass is 19.4. The van der Waals surface area contributed by atoms with Crippen LogP contribution in [0.1, 0.15) is 27.2 Å². The van der Waals surface area contributed by atoms with Gasteiger partial charge in [-0.15, -0.1) is 0 Å². The van der Waals surface area contributed by atoms with E-state index >= 15 is 0 Å². The second kappa shape index (κ2) is 7.74. The molecule has 0 spiro atoms. The smallest absolute Gasteiger partial charge is 0.416 e. The first-order valence-electron chi connectivity index (χ1n) is 8.36. The number of aromatic nitrogens is 3. The first-order chi connectivity index (χ1) is 13.6. The van der Waals surface area contributed by atoms with Crippen LogP contribution in [0.3, 0.4) is 0 Å². The van der Waals surface area contributed by atoms with Crippen molar-refractivity contribution in [3.8, 4) is 17.3 Å². The molecule has 3 N–H and O–H groups in total. The van der Waals surface area contributed by atoms with Crippen LogP contribution in [0.2, 0.25) is 0 Å². The third kappa shape index (κ3) is 4.60. The topological polar surface area (TPSA) is 108 Å². The highest BCUT2D eigenvalue weighted by molar-refractivity contribution is 5.95. The number of rotatable bonds is 4. The molecular weight excluding hydrogens is 389 g/mol. The molecule has 0 unspecified atom stereocenters. The predicted molar refractivity (Wildman–Crippen MR) is 97.1 cm³/mol. The normalized spacial score (nSPS) is 11.3. The number of alkyl halides is 3. The summed E-state index contributed by atoms with van der Waals surface area (Å²) in [6.45, 7) is 1.25. The number of aromatic amines is 1. The lowest BCUT2D eigenvalue weighted by molar-refractivity contribution is -0.137. The minimum absolute atomic E-state index is 0.0338. The number of benzene rings is 1. The zero-order chi connectivity index (χ0) is 21.2. The summed E-state index contributed by atoms with van der Waals surface area (Å²) < 4.78 is 38.8. The molecule has 0 atom stereocenters. The summed E-state index contributed by atoms with van der Waals surface area (Å²) in [6, 6.07) is 8.23. The average molecular weight is 404 g/mol. The van der Waals surface area contributed by atoms with E-state index in [2.05, 4.69) is 20.3 Å². The van der Waals surface area contributed by atoms with Crippen LogP contribution >= 0.6 is 0 Å². The number of hydrogen-bond acceptors (Lipinski definition) is 5. The van der Waals surface area contributed by atoms with E-state index in [9.17, 15) is 27.9 Å². The van der Waals surface area contributed by atoms with Crippen LogP contribution in [0.15, 0.2) is 47.4 Å². The van der Waals surface area contributed by atoms with Crippen molar-refractivity contribution in [2.24, 2.45) is 0 Å². The van der Waals surface area contributed by atoms with Gasteiger partial charge in [-0.3, -0.25) is 14.6 Å². The van der Waals surface area contributed by atoms with Crippen LogP contribution in [0.25, 0.3) is 11.5 Å². The molecule has 7 nitrogen and oxygen atoms in total. The molecular formula is C19H15F3N4O3. The standard InChI is InChI=1S/C19H15F3N4O3/c1-10-6-11(8-12(7-10)19(20,21)22)9-24-17(28)14-15(27)18(29)26-16(25-14)13-4-2-3-5-23-13/h2-8,27H,9H2,1H3,(H,24,28)(H,25,26,29). The Morgan fingerprint density at radius 2 is 2.00 bits per heavy atom. The third-order valence-corrected chi connectivity index (χ3v) is 3.94. The maximum atomic E-state index is 12.9.